The molecule has 1 heterocycles. The molecule has 8 heteroatoms. The van der Waals surface area contributed by atoms with E-state index in [1.165, 1.54) is 0 Å². The highest BCUT2D eigenvalue weighted by Crippen LogP contribution is 2.51. The maximum Gasteiger partial charge on any atom is 0.203 e. The van der Waals surface area contributed by atoms with E-state index in [1.807, 2.05) is 206 Å². The van der Waals surface area contributed by atoms with Gasteiger partial charge in [-0.2, -0.15) is 0 Å². The van der Waals surface area contributed by atoms with Crippen molar-refractivity contribution in [1.29, 1.82) is 0 Å². The van der Waals surface area contributed by atoms with Gasteiger partial charge in [0.2, 0.25) is 5.75 Å². The molecule has 0 aromatic heterocycles. The molecule has 1 N–H and O–H groups in total. The normalized spacial score (nSPS) is 15.2. The van der Waals surface area contributed by atoms with Crippen LogP contribution < -0.4 is 28.4 Å². The van der Waals surface area contributed by atoms with Crippen LogP contribution in [-0.4, -0.2) is 11.2 Å². The molecular formula is C57H50O8. The maximum absolute atomic E-state index is 12.7. The van der Waals surface area contributed by atoms with Gasteiger partial charge in [-0.3, -0.25) is 0 Å². The van der Waals surface area contributed by atoms with Crippen molar-refractivity contribution in [3.8, 4) is 34.5 Å². The fraction of sp³-hybridized carbons (Fsp3) is 0.158. The summed E-state index contributed by atoms with van der Waals surface area (Å²) in [7, 11) is 0. The van der Waals surface area contributed by atoms with Crippen LogP contribution in [0.3, 0.4) is 0 Å². The van der Waals surface area contributed by atoms with Gasteiger partial charge < -0.3 is 38.3 Å². The molecule has 1 aliphatic rings. The largest absolute Gasteiger partial charge is 0.489 e. The minimum absolute atomic E-state index is 0.224. The predicted molar refractivity (Wildman–Crippen MR) is 250 cm³/mol. The van der Waals surface area contributed by atoms with Crippen molar-refractivity contribution in [2.75, 3.05) is 0 Å². The van der Waals surface area contributed by atoms with Crippen LogP contribution in [0.1, 0.15) is 56.7 Å². The second kappa shape index (κ2) is 21.2. The van der Waals surface area contributed by atoms with Gasteiger partial charge in [0.25, 0.3) is 0 Å². The zero-order valence-corrected chi connectivity index (χ0v) is 35.9. The van der Waals surface area contributed by atoms with Crippen molar-refractivity contribution < 1.29 is 38.3 Å². The van der Waals surface area contributed by atoms with E-state index in [1.54, 1.807) is 0 Å². The molecule has 0 saturated heterocycles. The minimum Gasteiger partial charge on any atom is -0.489 e. The molecule has 0 bridgehead atoms. The molecule has 8 aromatic rings. The third-order valence-electron chi connectivity index (χ3n) is 11.1. The fourth-order valence-corrected chi connectivity index (χ4v) is 7.70. The van der Waals surface area contributed by atoms with Crippen molar-refractivity contribution in [2.45, 2.75) is 58.0 Å². The molecule has 326 valence electrons. The Kier molecular flexibility index (Phi) is 14.0. The summed E-state index contributed by atoms with van der Waals surface area (Å²) in [5, 5.41) is 12.7. The Bertz CT molecular complexity index is 2640. The van der Waals surface area contributed by atoms with Crippen molar-refractivity contribution >= 4 is 0 Å². The van der Waals surface area contributed by atoms with Crippen LogP contribution in [-0.2, 0) is 44.4 Å². The van der Waals surface area contributed by atoms with Crippen LogP contribution in [0.4, 0.5) is 0 Å². The smallest absolute Gasteiger partial charge is 0.203 e. The summed E-state index contributed by atoms with van der Waals surface area (Å²) in [4.78, 5) is 0. The van der Waals surface area contributed by atoms with Gasteiger partial charge in [0.1, 0.15) is 62.5 Å². The maximum atomic E-state index is 12.7. The lowest BCUT2D eigenvalue weighted by Crippen LogP contribution is -2.36. The highest BCUT2D eigenvalue weighted by Gasteiger charge is 2.42. The minimum atomic E-state index is -1.22. The van der Waals surface area contributed by atoms with Crippen LogP contribution in [0.25, 0.3) is 0 Å². The first-order valence-corrected chi connectivity index (χ1v) is 21.8. The van der Waals surface area contributed by atoms with Gasteiger partial charge >= 0.3 is 0 Å². The lowest BCUT2D eigenvalue weighted by Gasteiger charge is -2.38. The zero-order chi connectivity index (χ0) is 44.0. The van der Waals surface area contributed by atoms with Gasteiger partial charge in [-0.25, -0.2) is 0 Å². The molecule has 0 amide bonds. The second-order valence-corrected chi connectivity index (χ2v) is 15.8. The van der Waals surface area contributed by atoms with E-state index in [0.717, 1.165) is 33.4 Å². The van der Waals surface area contributed by atoms with Crippen LogP contribution in [0.2, 0.25) is 0 Å². The molecule has 0 fully saturated rings. The van der Waals surface area contributed by atoms with Crippen molar-refractivity contribution in [2.24, 2.45) is 0 Å². The van der Waals surface area contributed by atoms with E-state index in [2.05, 4.69) is 0 Å². The third-order valence-corrected chi connectivity index (χ3v) is 11.1. The number of rotatable bonds is 19. The summed E-state index contributed by atoms with van der Waals surface area (Å²) in [6, 6.07) is 67.1. The number of fused-ring (bicyclic) bond motifs is 1. The molecular weight excluding hydrogens is 813 g/mol. The summed E-state index contributed by atoms with van der Waals surface area (Å²) in [5.74, 6) is 2.76. The number of aliphatic hydroxyl groups excluding tert-OH is 1. The van der Waals surface area contributed by atoms with Crippen molar-refractivity contribution in [3.63, 3.8) is 0 Å². The molecule has 0 unspecified atom stereocenters. The summed E-state index contributed by atoms with van der Waals surface area (Å²) in [6.07, 6.45) is -3.08. The van der Waals surface area contributed by atoms with Crippen LogP contribution >= 0.6 is 0 Å². The molecule has 1 aliphatic heterocycles. The highest BCUT2D eigenvalue weighted by atomic mass is 16.6. The standard InChI is InChI=1S/C57H50O8/c58-54-55(47-31-51(61-37-43-23-11-3-12-24-43)56(63-39-45-27-15-5-16-28-45)52(32-47)62-38-44-25-13-4-14-26-44)65-50-34-48(59-35-41-19-7-1-8-20-41)33-49(60-36-42-21-9-2-10-22-42)53(50)57(54)64-40-46-29-17-6-18-30-46/h1-34,54-55,57-58H,35-40H2/t54-,55-,57+/m1/s1. The van der Waals surface area contributed by atoms with E-state index < -0.39 is 18.3 Å². The monoisotopic (exact) mass is 862 g/mol. The van der Waals surface area contributed by atoms with Gasteiger partial charge in [0.15, 0.2) is 17.6 Å². The highest BCUT2D eigenvalue weighted by molar-refractivity contribution is 5.58. The summed E-state index contributed by atoms with van der Waals surface area (Å²) < 4.78 is 46.7. The SMILES string of the molecule is O[C@@H]1[C@@H](c2cc(OCc3ccccc3)c(OCc3ccccc3)c(OCc3ccccc3)c2)Oc2cc(OCc3ccccc3)cc(OCc3ccccc3)c2[C@@H]1OCc1ccccc1. The molecule has 0 radical (unpaired) electrons. The molecule has 0 aliphatic carbocycles. The fourth-order valence-electron chi connectivity index (χ4n) is 7.70. The first kappa shape index (κ1) is 42.8. The van der Waals surface area contributed by atoms with Crippen LogP contribution in [0.5, 0.6) is 34.5 Å². The van der Waals surface area contributed by atoms with Gasteiger partial charge in [-0.1, -0.05) is 182 Å². The number of ether oxygens (including phenoxy) is 7. The Morgan fingerprint density at radius 3 is 1.18 bits per heavy atom. The average Bonchev–Trinajstić information content (AvgIpc) is 3.37. The van der Waals surface area contributed by atoms with Gasteiger partial charge in [-0.05, 0) is 45.5 Å². The first-order chi connectivity index (χ1) is 32.1. The summed E-state index contributed by atoms with van der Waals surface area (Å²) >= 11 is 0. The Morgan fingerprint density at radius 1 is 0.385 bits per heavy atom. The average molecular weight is 863 g/mol. The second-order valence-electron chi connectivity index (χ2n) is 15.8. The van der Waals surface area contributed by atoms with Crippen molar-refractivity contribution in [3.05, 3.63) is 251 Å². The summed E-state index contributed by atoms with van der Waals surface area (Å²) in [5.41, 5.74) is 7.05. The Hall–Kier alpha value is -7.52. The summed E-state index contributed by atoms with van der Waals surface area (Å²) in [6.45, 7) is 1.61. The van der Waals surface area contributed by atoms with Gasteiger partial charge in [0.05, 0.1) is 12.2 Å². The van der Waals surface area contributed by atoms with E-state index >= 15 is 0 Å². The van der Waals surface area contributed by atoms with Crippen LogP contribution in [0.15, 0.2) is 206 Å². The zero-order valence-electron chi connectivity index (χ0n) is 35.9. The molecule has 65 heavy (non-hydrogen) atoms. The Balaban J connectivity index is 1.14. The van der Waals surface area contributed by atoms with E-state index in [9.17, 15) is 5.11 Å². The topological polar surface area (TPSA) is 84.8 Å². The number of aliphatic hydroxyl groups is 1. The first-order valence-electron chi connectivity index (χ1n) is 21.8. The lowest BCUT2D eigenvalue weighted by atomic mass is 9.90. The number of benzene rings is 8. The van der Waals surface area contributed by atoms with Gasteiger partial charge in [-0.15, -0.1) is 0 Å². The molecule has 8 nitrogen and oxygen atoms in total. The molecule has 3 atom stereocenters. The molecule has 8 aromatic carbocycles. The molecule has 0 spiro atoms. The quantitative estimate of drug-likeness (QED) is 0.0860. The predicted octanol–water partition coefficient (Wildman–Crippen LogP) is 12.3. The van der Waals surface area contributed by atoms with Crippen LogP contribution in [0, 0.1) is 0 Å². The number of hydrogen-bond donors (Lipinski definition) is 1. The van der Waals surface area contributed by atoms with Gasteiger partial charge in [0, 0.05) is 17.7 Å². The molecule has 9 rings (SSSR count). The van der Waals surface area contributed by atoms with E-state index in [-0.39, 0.29) is 33.0 Å². The third kappa shape index (κ3) is 11.2. The van der Waals surface area contributed by atoms with E-state index in [4.69, 9.17) is 33.2 Å². The Morgan fingerprint density at radius 2 is 0.754 bits per heavy atom. The number of hydrogen-bond acceptors (Lipinski definition) is 8. The van der Waals surface area contributed by atoms with Crippen molar-refractivity contribution in [1.82, 2.24) is 0 Å². The lowest BCUT2D eigenvalue weighted by molar-refractivity contribution is -0.109. The Labute approximate surface area is 380 Å². The van der Waals surface area contributed by atoms with E-state index in [0.29, 0.717) is 52.2 Å². The molecule has 0 saturated carbocycles.